The van der Waals surface area contributed by atoms with Gasteiger partial charge >= 0.3 is 0 Å². The van der Waals surface area contributed by atoms with Gasteiger partial charge in [-0.2, -0.15) is 0 Å². The summed E-state index contributed by atoms with van der Waals surface area (Å²) in [5.41, 5.74) is 3.71. The van der Waals surface area contributed by atoms with Crippen molar-refractivity contribution >= 4 is 40.3 Å². The van der Waals surface area contributed by atoms with Crippen molar-refractivity contribution in [1.82, 2.24) is 4.90 Å². The Kier molecular flexibility index (Phi) is 16.6. The molecule has 2 aromatic carbocycles. The number of hydrogen-bond donors (Lipinski definition) is 1. The highest BCUT2D eigenvalue weighted by Crippen LogP contribution is 2.30. The maximum atomic E-state index is 13.5. The molecule has 6 heteroatoms. The average Bonchev–Trinajstić information content (AvgIpc) is 3.45. The van der Waals surface area contributed by atoms with Crippen molar-refractivity contribution in [1.29, 1.82) is 0 Å². The number of anilines is 1. The highest BCUT2D eigenvalue weighted by Gasteiger charge is 2.20. The molecule has 0 atom stereocenters. The lowest BCUT2D eigenvalue weighted by Gasteiger charge is -2.22. The standard InChI is InChI=1S/C35H52N2O2S.BrH/c1-5-6-7-8-9-10-11-12-13-14-15-18-24-39-33-26-30(35(2,3)4)21-22-31(33)34(38)36-32-20-17-16-19-29(32)27-37-23-25-40-28-37;/h16-17,19-23,25-26H,5-15,18,24,27-28H2,1-4H3,(H,36,38);1H. The summed E-state index contributed by atoms with van der Waals surface area (Å²) in [5, 5.41) is 5.28. The minimum absolute atomic E-state index is 0. The molecule has 41 heavy (non-hydrogen) atoms. The van der Waals surface area contributed by atoms with Crippen molar-refractivity contribution in [2.24, 2.45) is 0 Å². The molecule has 0 bridgehead atoms. The number of amides is 1. The number of ether oxygens (including phenoxy) is 1. The quantitative estimate of drug-likeness (QED) is 0.164. The third-order valence-corrected chi connectivity index (χ3v) is 8.39. The Morgan fingerprint density at radius 2 is 1.54 bits per heavy atom. The van der Waals surface area contributed by atoms with Crippen LogP contribution in [0, 0.1) is 0 Å². The van der Waals surface area contributed by atoms with Crippen molar-refractivity contribution in [3.05, 3.63) is 70.8 Å². The Bertz CT molecular complexity index is 1070. The molecule has 1 amide bonds. The molecule has 0 radical (unpaired) electrons. The Hall–Kier alpha value is -1.92. The molecule has 228 valence electrons. The number of nitrogens with one attached hydrogen (secondary N) is 1. The summed E-state index contributed by atoms with van der Waals surface area (Å²) in [6, 6.07) is 14.1. The molecule has 4 nitrogen and oxygen atoms in total. The number of nitrogens with zero attached hydrogens (tertiary/aromatic N) is 1. The topological polar surface area (TPSA) is 41.6 Å². The molecule has 0 saturated carbocycles. The van der Waals surface area contributed by atoms with Crippen LogP contribution in [-0.4, -0.2) is 23.3 Å². The second-order valence-corrected chi connectivity index (χ2v) is 13.0. The first-order valence-electron chi connectivity index (χ1n) is 15.6. The summed E-state index contributed by atoms with van der Waals surface area (Å²) < 4.78 is 6.28. The van der Waals surface area contributed by atoms with Gasteiger partial charge in [-0.05, 0) is 46.6 Å². The third kappa shape index (κ3) is 12.9. The predicted octanol–water partition coefficient (Wildman–Crippen LogP) is 10.9. The number of benzene rings is 2. The van der Waals surface area contributed by atoms with Gasteiger partial charge in [0, 0.05) is 18.4 Å². The van der Waals surface area contributed by atoms with Crippen molar-refractivity contribution < 1.29 is 9.53 Å². The van der Waals surface area contributed by atoms with E-state index in [0.717, 1.165) is 30.1 Å². The van der Waals surface area contributed by atoms with E-state index in [1.165, 1.54) is 76.2 Å². The summed E-state index contributed by atoms with van der Waals surface area (Å²) >= 11 is 1.78. The van der Waals surface area contributed by atoms with Crippen LogP contribution in [-0.2, 0) is 12.0 Å². The first-order chi connectivity index (χ1) is 19.4. The number of para-hydroxylation sites is 1. The van der Waals surface area contributed by atoms with Crippen LogP contribution < -0.4 is 10.1 Å². The van der Waals surface area contributed by atoms with Crippen molar-refractivity contribution in [3.63, 3.8) is 0 Å². The Balaban J connectivity index is 0.00000588. The highest BCUT2D eigenvalue weighted by molar-refractivity contribution is 8.93. The van der Waals surface area contributed by atoms with E-state index in [2.05, 4.69) is 67.7 Å². The molecule has 3 rings (SSSR count). The summed E-state index contributed by atoms with van der Waals surface area (Å²) in [6.45, 7) is 10.3. The average molecular weight is 646 g/mol. The smallest absolute Gasteiger partial charge is 0.259 e. The van der Waals surface area contributed by atoms with Crippen LogP contribution >= 0.6 is 28.7 Å². The number of hydrogen-bond acceptors (Lipinski definition) is 4. The van der Waals surface area contributed by atoms with Gasteiger partial charge in [-0.1, -0.05) is 123 Å². The molecule has 0 spiro atoms. The molecule has 1 aliphatic heterocycles. The Labute approximate surface area is 264 Å². The first kappa shape index (κ1) is 35.3. The molecule has 2 aromatic rings. The molecule has 0 unspecified atom stereocenters. The molecule has 0 fully saturated rings. The number of carbonyl (C=O) groups excluding carboxylic acids is 1. The predicted molar refractivity (Wildman–Crippen MR) is 184 cm³/mol. The van der Waals surface area contributed by atoms with Crippen LogP contribution in [0.5, 0.6) is 5.75 Å². The van der Waals surface area contributed by atoms with E-state index in [0.29, 0.717) is 17.9 Å². The van der Waals surface area contributed by atoms with E-state index < -0.39 is 0 Å². The highest BCUT2D eigenvalue weighted by atomic mass is 79.9. The third-order valence-electron chi connectivity index (χ3n) is 7.59. The molecule has 0 saturated heterocycles. The molecule has 1 N–H and O–H groups in total. The van der Waals surface area contributed by atoms with Gasteiger partial charge in [-0.15, -0.1) is 28.7 Å². The lowest BCUT2D eigenvalue weighted by Crippen LogP contribution is -2.19. The fraction of sp³-hybridized carbons (Fsp3) is 0.571. The van der Waals surface area contributed by atoms with Gasteiger partial charge in [-0.25, -0.2) is 0 Å². The lowest BCUT2D eigenvalue weighted by molar-refractivity contribution is 0.102. The summed E-state index contributed by atoms with van der Waals surface area (Å²) in [6.07, 6.45) is 17.9. The molecule has 0 aliphatic carbocycles. The van der Waals surface area contributed by atoms with Crippen molar-refractivity contribution in [3.8, 4) is 5.75 Å². The largest absolute Gasteiger partial charge is 0.493 e. The number of unbranched alkanes of at least 4 members (excludes halogenated alkanes) is 11. The van der Waals surface area contributed by atoms with Gasteiger partial charge in [0.15, 0.2) is 0 Å². The van der Waals surface area contributed by atoms with Crippen LogP contribution in [0.2, 0.25) is 0 Å². The van der Waals surface area contributed by atoms with Crippen LogP contribution in [0.15, 0.2) is 54.1 Å². The van der Waals surface area contributed by atoms with Crippen LogP contribution in [0.4, 0.5) is 5.69 Å². The van der Waals surface area contributed by atoms with Crippen molar-refractivity contribution in [2.75, 3.05) is 17.8 Å². The van der Waals surface area contributed by atoms with Gasteiger partial charge in [0.25, 0.3) is 5.91 Å². The van der Waals surface area contributed by atoms with E-state index in [1.54, 1.807) is 11.8 Å². The van der Waals surface area contributed by atoms with Crippen LogP contribution in [0.25, 0.3) is 0 Å². The summed E-state index contributed by atoms with van der Waals surface area (Å²) in [4.78, 5) is 15.7. The minimum atomic E-state index is -0.121. The maximum absolute atomic E-state index is 13.5. The summed E-state index contributed by atoms with van der Waals surface area (Å²) in [7, 11) is 0. The fourth-order valence-electron chi connectivity index (χ4n) is 5.02. The molecule has 1 aliphatic rings. The maximum Gasteiger partial charge on any atom is 0.259 e. The van der Waals surface area contributed by atoms with E-state index in [4.69, 9.17) is 4.74 Å². The normalized spacial score (nSPS) is 12.8. The number of carbonyl (C=O) groups is 1. The second-order valence-electron chi connectivity index (χ2n) is 12.1. The lowest BCUT2D eigenvalue weighted by atomic mass is 9.86. The van der Waals surface area contributed by atoms with Gasteiger partial charge in [-0.3, -0.25) is 4.79 Å². The summed E-state index contributed by atoms with van der Waals surface area (Å²) in [5.74, 6) is 1.50. The monoisotopic (exact) mass is 644 g/mol. The zero-order valence-electron chi connectivity index (χ0n) is 25.9. The van der Waals surface area contributed by atoms with Crippen molar-refractivity contribution in [2.45, 2.75) is 117 Å². The Morgan fingerprint density at radius 1 is 0.902 bits per heavy atom. The molecular weight excluding hydrogens is 592 g/mol. The number of halogens is 1. The fourth-order valence-corrected chi connectivity index (χ4v) is 5.73. The van der Waals surface area contributed by atoms with Gasteiger partial charge < -0.3 is 15.0 Å². The molecule has 0 aromatic heterocycles. The zero-order chi connectivity index (χ0) is 28.6. The van der Waals surface area contributed by atoms with Gasteiger partial charge in [0.1, 0.15) is 5.75 Å². The zero-order valence-corrected chi connectivity index (χ0v) is 28.4. The number of rotatable bonds is 18. The van der Waals surface area contributed by atoms with Crippen LogP contribution in [0.1, 0.15) is 126 Å². The number of thioether (sulfide) groups is 1. The van der Waals surface area contributed by atoms with Gasteiger partial charge in [0.2, 0.25) is 0 Å². The Morgan fingerprint density at radius 3 is 2.15 bits per heavy atom. The molecular formula is C35H53BrN2O2S. The van der Waals surface area contributed by atoms with E-state index in [9.17, 15) is 4.79 Å². The first-order valence-corrected chi connectivity index (χ1v) is 16.6. The van der Waals surface area contributed by atoms with Gasteiger partial charge in [0.05, 0.1) is 18.0 Å². The molecule has 1 heterocycles. The SMILES string of the molecule is Br.CCCCCCCCCCCCCCOc1cc(C(C)(C)C)ccc1C(=O)Nc1ccccc1CN1C=CSC1. The van der Waals surface area contributed by atoms with E-state index >= 15 is 0 Å². The second kappa shape index (κ2) is 19.3. The van der Waals surface area contributed by atoms with E-state index in [-0.39, 0.29) is 28.3 Å². The van der Waals surface area contributed by atoms with Crippen LogP contribution in [0.3, 0.4) is 0 Å². The van der Waals surface area contributed by atoms with E-state index in [1.807, 2.05) is 24.3 Å². The minimum Gasteiger partial charge on any atom is -0.493 e.